The molecule has 0 bridgehead atoms. The largest absolute Gasteiger partial charge is 0.320 e. The first-order valence-corrected chi connectivity index (χ1v) is 7.04. The minimum absolute atomic E-state index is 0.496. The van der Waals surface area contributed by atoms with Gasteiger partial charge in [0.15, 0.2) is 12.1 Å². The molecule has 20 heavy (non-hydrogen) atoms. The number of aldehydes is 1. The summed E-state index contributed by atoms with van der Waals surface area (Å²) >= 11 is 0. The van der Waals surface area contributed by atoms with Crippen LogP contribution in [-0.4, -0.2) is 33.8 Å². The van der Waals surface area contributed by atoms with E-state index in [1.54, 1.807) is 0 Å². The first kappa shape index (κ1) is 14.5. The standard InChI is InChI=1S/C16H21N3O/c1-3-18(4-2)12-15-10-17-16(13-20)19(15)11-14-8-6-5-7-9-14/h5-10,13H,3-4,11-12H2,1-2H3. The van der Waals surface area contributed by atoms with Crippen LogP contribution in [0.15, 0.2) is 36.5 Å². The van der Waals surface area contributed by atoms with Crippen molar-refractivity contribution < 1.29 is 4.79 Å². The van der Waals surface area contributed by atoms with Crippen LogP contribution >= 0.6 is 0 Å². The van der Waals surface area contributed by atoms with Crippen LogP contribution in [0.25, 0.3) is 0 Å². The second-order valence-electron chi connectivity index (χ2n) is 4.76. The van der Waals surface area contributed by atoms with Crippen molar-refractivity contribution in [2.24, 2.45) is 0 Å². The van der Waals surface area contributed by atoms with Crippen molar-refractivity contribution in [3.8, 4) is 0 Å². The van der Waals surface area contributed by atoms with E-state index in [2.05, 4.69) is 35.9 Å². The molecule has 1 aromatic heterocycles. The molecule has 0 atom stereocenters. The van der Waals surface area contributed by atoms with Gasteiger partial charge in [0.2, 0.25) is 0 Å². The molecule has 2 rings (SSSR count). The summed E-state index contributed by atoms with van der Waals surface area (Å²) in [5, 5.41) is 0. The Hall–Kier alpha value is -1.94. The Bertz CT molecular complexity index is 544. The highest BCUT2D eigenvalue weighted by Crippen LogP contribution is 2.11. The minimum atomic E-state index is 0.496. The molecule has 4 nitrogen and oxygen atoms in total. The number of rotatable bonds is 7. The van der Waals surface area contributed by atoms with E-state index in [9.17, 15) is 4.79 Å². The van der Waals surface area contributed by atoms with E-state index in [-0.39, 0.29) is 0 Å². The fourth-order valence-corrected chi connectivity index (χ4v) is 2.27. The molecule has 0 aliphatic carbocycles. The number of imidazole rings is 1. The number of nitrogens with zero attached hydrogens (tertiary/aromatic N) is 3. The second-order valence-corrected chi connectivity index (χ2v) is 4.76. The third kappa shape index (κ3) is 3.33. The lowest BCUT2D eigenvalue weighted by Crippen LogP contribution is -2.24. The topological polar surface area (TPSA) is 38.1 Å². The second kappa shape index (κ2) is 7.01. The van der Waals surface area contributed by atoms with Crippen molar-refractivity contribution in [3.05, 3.63) is 53.6 Å². The van der Waals surface area contributed by atoms with E-state index in [0.717, 1.165) is 31.6 Å². The van der Waals surface area contributed by atoms with Crippen molar-refractivity contribution in [2.75, 3.05) is 13.1 Å². The zero-order valence-corrected chi connectivity index (χ0v) is 12.1. The van der Waals surface area contributed by atoms with Gasteiger partial charge in [0.25, 0.3) is 0 Å². The monoisotopic (exact) mass is 271 g/mol. The van der Waals surface area contributed by atoms with Crippen LogP contribution in [0.1, 0.15) is 35.7 Å². The maximum Gasteiger partial charge on any atom is 0.185 e. The summed E-state index contributed by atoms with van der Waals surface area (Å²) in [6.45, 7) is 7.77. The van der Waals surface area contributed by atoms with Gasteiger partial charge in [-0.3, -0.25) is 9.69 Å². The number of carbonyl (C=O) groups is 1. The van der Waals surface area contributed by atoms with E-state index in [1.165, 1.54) is 5.56 Å². The Kier molecular flexibility index (Phi) is 5.07. The summed E-state index contributed by atoms with van der Waals surface area (Å²) in [5.41, 5.74) is 2.26. The van der Waals surface area contributed by atoms with Gasteiger partial charge in [-0.25, -0.2) is 4.98 Å². The number of benzene rings is 1. The average molecular weight is 271 g/mol. The van der Waals surface area contributed by atoms with Crippen LogP contribution in [0.4, 0.5) is 0 Å². The molecule has 0 radical (unpaired) electrons. The van der Waals surface area contributed by atoms with Crippen LogP contribution in [-0.2, 0) is 13.1 Å². The van der Waals surface area contributed by atoms with Gasteiger partial charge in [0.1, 0.15) is 0 Å². The first-order chi connectivity index (χ1) is 9.78. The van der Waals surface area contributed by atoms with Crippen LogP contribution in [0, 0.1) is 0 Å². The van der Waals surface area contributed by atoms with Crippen molar-refractivity contribution in [3.63, 3.8) is 0 Å². The molecule has 1 aromatic carbocycles. The number of aromatic nitrogens is 2. The summed E-state index contributed by atoms with van der Waals surface area (Å²) in [5.74, 6) is 0.496. The molecule has 0 fully saturated rings. The van der Waals surface area contributed by atoms with E-state index in [1.807, 2.05) is 29.0 Å². The highest BCUT2D eigenvalue weighted by molar-refractivity contribution is 5.69. The average Bonchev–Trinajstić information content (AvgIpc) is 2.87. The Morgan fingerprint density at radius 1 is 1.20 bits per heavy atom. The summed E-state index contributed by atoms with van der Waals surface area (Å²) in [6, 6.07) is 10.1. The molecule has 0 amide bonds. The van der Waals surface area contributed by atoms with Crippen LogP contribution < -0.4 is 0 Å². The van der Waals surface area contributed by atoms with E-state index in [0.29, 0.717) is 12.4 Å². The maximum absolute atomic E-state index is 11.2. The SMILES string of the molecule is CCN(CC)Cc1cnc(C=O)n1Cc1ccccc1. The molecule has 0 aliphatic heterocycles. The molecule has 0 aliphatic rings. The zero-order chi connectivity index (χ0) is 14.4. The third-order valence-corrected chi connectivity index (χ3v) is 3.54. The van der Waals surface area contributed by atoms with E-state index >= 15 is 0 Å². The summed E-state index contributed by atoms with van der Waals surface area (Å²) in [7, 11) is 0. The Balaban J connectivity index is 2.25. The number of carbonyl (C=O) groups excluding carboxylic acids is 1. The van der Waals surface area contributed by atoms with Gasteiger partial charge < -0.3 is 4.57 Å². The maximum atomic E-state index is 11.2. The van der Waals surface area contributed by atoms with Gasteiger partial charge in [-0.2, -0.15) is 0 Å². The van der Waals surface area contributed by atoms with Gasteiger partial charge in [0, 0.05) is 13.1 Å². The first-order valence-electron chi connectivity index (χ1n) is 7.04. The summed E-state index contributed by atoms with van der Waals surface area (Å²) < 4.78 is 2.00. The summed E-state index contributed by atoms with van der Waals surface area (Å²) in [6.07, 6.45) is 2.64. The van der Waals surface area contributed by atoms with Crippen LogP contribution in [0.2, 0.25) is 0 Å². The molecule has 0 saturated carbocycles. The molecule has 106 valence electrons. The Morgan fingerprint density at radius 3 is 2.50 bits per heavy atom. The number of hydrogen-bond acceptors (Lipinski definition) is 3. The fourth-order valence-electron chi connectivity index (χ4n) is 2.27. The molecule has 1 heterocycles. The van der Waals surface area contributed by atoms with Crippen LogP contribution in [0.5, 0.6) is 0 Å². The lowest BCUT2D eigenvalue weighted by Gasteiger charge is -2.19. The smallest absolute Gasteiger partial charge is 0.185 e. The lowest BCUT2D eigenvalue weighted by atomic mass is 10.2. The van der Waals surface area contributed by atoms with Gasteiger partial charge in [-0.15, -0.1) is 0 Å². The van der Waals surface area contributed by atoms with E-state index in [4.69, 9.17) is 0 Å². The zero-order valence-electron chi connectivity index (χ0n) is 12.1. The van der Waals surface area contributed by atoms with Gasteiger partial charge in [-0.1, -0.05) is 44.2 Å². The van der Waals surface area contributed by atoms with Gasteiger partial charge in [0.05, 0.1) is 11.9 Å². The normalized spacial score (nSPS) is 10.9. The Labute approximate surface area is 120 Å². The highest BCUT2D eigenvalue weighted by atomic mass is 16.1. The molecule has 0 spiro atoms. The van der Waals surface area contributed by atoms with Gasteiger partial charge in [-0.05, 0) is 18.7 Å². The third-order valence-electron chi connectivity index (χ3n) is 3.54. The molecule has 0 N–H and O–H groups in total. The van der Waals surface area contributed by atoms with Crippen molar-refractivity contribution in [1.82, 2.24) is 14.5 Å². The van der Waals surface area contributed by atoms with Crippen molar-refractivity contribution >= 4 is 6.29 Å². The van der Waals surface area contributed by atoms with Gasteiger partial charge >= 0.3 is 0 Å². The summed E-state index contributed by atoms with van der Waals surface area (Å²) in [4.78, 5) is 17.7. The molecular weight excluding hydrogens is 250 g/mol. The lowest BCUT2D eigenvalue weighted by molar-refractivity contribution is 0.111. The fraction of sp³-hybridized carbons (Fsp3) is 0.375. The molecular formula is C16H21N3O. The predicted octanol–water partition coefficient (Wildman–Crippen LogP) is 2.59. The van der Waals surface area contributed by atoms with Crippen molar-refractivity contribution in [1.29, 1.82) is 0 Å². The quantitative estimate of drug-likeness (QED) is 0.726. The minimum Gasteiger partial charge on any atom is -0.320 e. The molecule has 0 saturated heterocycles. The highest BCUT2D eigenvalue weighted by Gasteiger charge is 2.12. The predicted molar refractivity (Wildman–Crippen MR) is 79.8 cm³/mol. The number of hydrogen-bond donors (Lipinski definition) is 0. The Morgan fingerprint density at radius 2 is 1.90 bits per heavy atom. The van der Waals surface area contributed by atoms with Crippen molar-refractivity contribution in [2.45, 2.75) is 26.9 Å². The molecule has 0 unspecified atom stereocenters. The molecule has 2 aromatic rings. The van der Waals surface area contributed by atoms with Crippen LogP contribution in [0.3, 0.4) is 0 Å². The molecule has 4 heteroatoms. The van der Waals surface area contributed by atoms with E-state index < -0.39 is 0 Å².